The lowest BCUT2D eigenvalue weighted by Crippen LogP contribution is -2.47. The molecule has 1 rings (SSSR count). The highest BCUT2D eigenvalue weighted by atomic mass is 16.1. The van der Waals surface area contributed by atoms with Crippen LogP contribution in [-0.4, -0.2) is 56.7 Å². The van der Waals surface area contributed by atoms with Crippen molar-refractivity contribution in [1.82, 2.24) is 21.0 Å². The van der Waals surface area contributed by atoms with Gasteiger partial charge < -0.3 is 16.0 Å². The summed E-state index contributed by atoms with van der Waals surface area (Å²) < 4.78 is 0. The van der Waals surface area contributed by atoms with Crippen molar-refractivity contribution >= 4 is 5.91 Å². The molecule has 0 aromatic rings. The van der Waals surface area contributed by atoms with Crippen LogP contribution < -0.4 is 21.8 Å². The molecule has 5 N–H and O–H groups in total. The van der Waals surface area contributed by atoms with Crippen molar-refractivity contribution in [2.75, 3.05) is 39.8 Å². The zero-order valence-corrected chi connectivity index (χ0v) is 9.96. The number of carbonyl (C=O) groups is 1. The molecule has 0 bridgehead atoms. The Bertz CT molecular complexity index is 203. The number of nitrogens with zero attached hydrogens (tertiary/aromatic N) is 1. The first-order chi connectivity index (χ1) is 7.72. The van der Waals surface area contributed by atoms with Crippen LogP contribution in [0.15, 0.2) is 0 Å². The fourth-order valence-electron chi connectivity index (χ4n) is 1.80. The van der Waals surface area contributed by atoms with E-state index in [4.69, 9.17) is 5.84 Å². The first-order valence-electron chi connectivity index (χ1n) is 5.86. The molecule has 0 spiro atoms. The summed E-state index contributed by atoms with van der Waals surface area (Å²) in [6.45, 7) is 3.78. The third-order valence-corrected chi connectivity index (χ3v) is 2.75. The van der Waals surface area contributed by atoms with Gasteiger partial charge in [0.25, 0.3) is 0 Å². The molecule has 94 valence electrons. The van der Waals surface area contributed by atoms with E-state index in [2.05, 4.69) is 16.0 Å². The molecule has 1 saturated heterocycles. The van der Waals surface area contributed by atoms with Crippen molar-refractivity contribution < 1.29 is 4.79 Å². The predicted octanol–water partition coefficient (Wildman–Crippen LogP) is -1.75. The Morgan fingerprint density at radius 3 is 2.69 bits per heavy atom. The molecular weight excluding hydrogens is 206 g/mol. The Balaban J connectivity index is 1.97. The van der Waals surface area contributed by atoms with Gasteiger partial charge >= 0.3 is 0 Å². The molecule has 0 saturated carbocycles. The molecule has 0 radical (unpaired) electrons. The maximum atomic E-state index is 11.1. The Kier molecular flexibility index (Phi) is 6.32. The van der Waals surface area contributed by atoms with Crippen LogP contribution in [0.1, 0.15) is 12.8 Å². The first-order valence-corrected chi connectivity index (χ1v) is 5.86. The van der Waals surface area contributed by atoms with E-state index in [1.807, 2.05) is 5.01 Å². The van der Waals surface area contributed by atoms with E-state index in [9.17, 15) is 4.79 Å². The first kappa shape index (κ1) is 13.4. The summed E-state index contributed by atoms with van der Waals surface area (Å²) in [7, 11) is 1.76. The summed E-state index contributed by atoms with van der Waals surface area (Å²) in [5.74, 6) is 5.71. The van der Waals surface area contributed by atoms with Crippen molar-refractivity contribution in [3.8, 4) is 0 Å². The van der Waals surface area contributed by atoms with E-state index in [0.717, 1.165) is 32.5 Å². The smallest absolute Gasteiger partial charge is 0.233 e. The van der Waals surface area contributed by atoms with Crippen molar-refractivity contribution in [2.24, 2.45) is 5.84 Å². The summed E-state index contributed by atoms with van der Waals surface area (Å²) in [5, 5.41) is 10.9. The van der Waals surface area contributed by atoms with Crippen LogP contribution in [0.25, 0.3) is 0 Å². The molecule has 1 fully saturated rings. The predicted molar refractivity (Wildman–Crippen MR) is 63.7 cm³/mol. The van der Waals surface area contributed by atoms with Crippen molar-refractivity contribution in [3.05, 3.63) is 0 Å². The van der Waals surface area contributed by atoms with Crippen LogP contribution in [0.5, 0.6) is 0 Å². The fraction of sp³-hybridized carbons (Fsp3) is 0.900. The van der Waals surface area contributed by atoms with E-state index < -0.39 is 0 Å². The molecule has 0 aromatic carbocycles. The van der Waals surface area contributed by atoms with Gasteiger partial charge in [-0.05, 0) is 19.9 Å². The molecule has 1 aliphatic heterocycles. The molecule has 6 nitrogen and oxygen atoms in total. The number of nitrogens with two attached hydrogens (primary N) is 1. The van der Waals surface area contributed by atoms with Crippen molar-refractivity contribution in [2.45, 2.75) is 18.9 Å². The molecule has 16 heavy (non-hydrogen) atoms. The average Bonchev–Trinajstić information content (AvgIpc) is 2.27. The number of rotatable bonds is 6. The van der Waals surface area contributed by atoms with Crippen LogP contribution >= 0.6 is 0 Å². The van der Waals surface area contributed by atoms with Gasteiger partial charge in [0.2, 0.25) is 5.91 Å². The lowest BCUT2D eigenvalue weighted by molar-refractivity contribution is -0.120. The largest absolute Gasteiger partial charge is 0.354 e. The standard InChI is InChI=1S/C10H23N5O/c1-12-8-10(16)14-5-4-13-9-2-6-15(11)7-3-9/h9,12-13H,2-8,11H2,1H3,(H,14,16). The van der Waals surface area contributed by atoms with Gasteiger partial charge in [-0.1, -0.05) is 0 Å². The molecule has 1 heterocycles. The van der Waals surface area contributed by atoms with Crippen LogP contribution in [0.4, 0.5) is 0 Å². The van der Waals surface area contributed by atoms with Crippen molar-refractivity contribution in [3.63, 3.8) is 0 Å². The minimum atomic E-state index is 0.0427. The van der Waals surface area contributed by atoms with E-state index in [0.29, 0.717) is 19.1 Å². The zero-order valence-electron chi connectivity index (χ0n) is 9.96. The highest BCUT2D eigenvalue weighted by Gasteiger charge is 2.15. The number of likely N-dealkylation sites (N-methyl/N-ethyl adjacent to an activating group) is 1. The van der Waals surface area contributed by atoms with Crippen LogP contribution in [0, 0.1) is 0 Å². The van der Waals surface area contributed by atoms with Gasteiger partial charge in [-0.2, -0.15) is 0 Å². The Morgan fingerprint density at radius 2 is 2.06 bits per heavy atom. The van der Waals surface area contributed by atoms with Crippen LogP contribution in [-0.2, 0) is 4.79 Å². The van der Waals surface area contributed by atoms with E-state index in [1.54, 1.807) is 7.05 Å². The summed E-state index contributed by atoms with van der Waals surface area (Å²) in [4.78, 5) is 11.1. The normalized spacial score (nSPS) is 18.6. The summed E-state index contributed by atoms with van der Waals surface area (Å²) in [6, 6.07) is 0.543. The number of hydrazine groups is 1. The number of amides is 1. The van der Waals surface area contributed by atoms with E-state index in [1.165, 1.54) is 0 Å². The van der Waals surface area contributed by atoms with Gasteiger partial charge in [0.1, 0.15) is 0 Å². The number of hydrogen-bond donors (Lipinski definition) is 4. The summed E-state index contributed by atoms with van der Waals surface area (Å²) >= 11 is 0. The minimum Gasteiger partial charge on any atom is -0.354 e. The van der Waals surface area contributed by atoms with Gasteiger partial charge in [0.15, 0.2) is 0 Å². The summed E-state index contributed by atoms with van der Waals surface area (Å²) in [6.07, 6.45) is 2.17. The number of hydrogen-bond acceptors (Lipinski definition) is 5. The molecule has 0 atom stereocenters. The monoisotopic (exact) mass is 229 g/mol. The molecule has 1 amide bonds. The molecule has 1 aliphatic rings. The Morgan fingerprint density at radius 1 is 1.38 bits per heavy atom. The Labute approximate surface area is 96.9 Å². The zero-order chi connectivity index (χ0) is 11.8. The summed E-state index contributed by atoms with van der Waals surface area (Å²) in [5.41, 5.74) is 0. The van der Waals surface area contributed by atoms with Crippen LogP contribution in [0.2, 0.25) is 0 Å². The quantitative estimate of drug-likeness (QED) is 0.321. The maximum Gasteiger partial charge on any atom is 0.233 e. The lowest BCUT2D eigenvalue weighted by atomic mass is 10.1. The van der Waals surface area contributed by atoms with Gasteiger partial charge in [0.05, 0.1) is 6.54 Å². The van der Waals surface area contributed by atoms with Gasteiger partial charge in [-0.3, -0.25) is 10.6 Å². The number of nitrogens with one attached hydrogen (secondary N) is 3. The number of carbonyl (C=O) groups excluding carboxylic acids is 1. The minimum absolute atomic E-state index is 0.0427. The second-order valence-corrected chi connectivity index (χ2v) is 4.14. The molecular formula is C10H23N5O. The van der Waals surface area contributed by atoms with Crippen molar-refractivity contribution in [1.29, 1.82) is 0 Å². The number of piperidine rings is 1. The third-order valence-electron chi connectivity index (χ3n) is 2.75. The van der Waals surface area contributed by atoms with Crippen LogP contribution in [0.3, 0.4) is 0 Å². The highest BCUT2D eigenvalue weighted by Crippen LogP contribution is 2.05. The molecule has 0 aliphatic carbocycles. The van der Waals surface area contributed by atoms with Gasteiger partial charge in [-0.25, -0.2) is 5.01 Å². The van der Waals surface area contributed by atoms with Gasteiger partial charge in [0, 0.05) is 32.2 Å². The second kappa shape index (κ2) is 7.56. The lowest BCUT2D eigenvalue weighted by Gasteiger charge is -2.29. The molecule has 6 heteroatoms. The molecule has 0 aromatic heterocycles. The SMILES string of the molecule is CNCC(=O)NCCNC1CCN(N)CC1. The fourth-order valence-corrected chi connectivity index (χ4v) is 1.80. The molecule has 0 unspecified atom stereocenters. The van der Waals surface area contributed by atoms with E-state index in [-0.39, 0.29) is 5.91 Å². The second-order valence-electron chi connectivity index (χ2n) is 4.14. The Hall–Kier alpha value is -0.690. The van der Waals surface area contributed by atoms with Gasteiger partial charge in [-0.15, -0.1) is 0 Å². The van der Waals surface area contributed by atoms with E-state index >= 15 is 0 Å². The maximum absolute atomic E-state index is 11.1. The topological polar surface area (TPSA) is 82.4 Å². The third kappa shape index (κ3) is 5.41. The highest BCUT2D eigenvalue weighted by molar-refractivity contribution is 5.77. The average molecular weight is 229 g/mol.